The van der Waals surface area contributed by atoms with Gasteiger partial charge in [0.15, 0.2) is 0 Å². The van der Waals surface area contributed by atoms with Crippen LogP contribution in [-0.2, 0) is 0 Å². The third kappa shape index (κ3) is 2.84. The summed E-state index contributed by atoms with van der Waals surface area (Å²) in [5.41, 5.74) is 7.13. The van der Waals surface area contributed by atoms with Crippen LogP contribution in [0.3, 0.4) is 0 Å². The fourth-order valence-electron chi connectivity index (χ4n) is 2.46. The molecule has 2 nitrogen and oxygen atoms in total. The van der Waals surface area contributed by atoms with Gasteiger partial charge in [-0.3, -0.25) is 4.90 Å². The van der Waals surface area contributed by atoms with E-state index in [9.17, 15) is 0 Å². The Bertz CT molecular complexity index is 317. The predicted molar refractivity (Wildman–Crippen MR) is 71.4 cm³/mol. The number of hydrogen-bond acceptors (Lipinski definition) is 2. The fourth-order valence-corrected chi connectivity index (χ4v) is 2.72. The monoisotopic (exact) mass is 282 g/mol. The lowest BCUT2D eigenvalue weighted by Gasteiger charge is -2.27. The fraction of sp³-hybridized carbons (Fsp3) is 0.538. The van der Waals surface area contributed by atoms with Gasteiger partial charge in [-0.2, -0.15) is 0 Å². The maximum absolute atomic E-state index is 5.73. The summed E-state index contributed by atoms with van der Waals surface area (Å²) >= 11 is 3.48. The first-order chi connectivity index (χ1) is 7.81. The van der Waals surface area contributed by atoms with E-state index in [4.69, 9.17) is 5.73 Å². The molecule has 0 aromatic heterocycles. The van der Waals surface area contributed by atoms with Crippen molar-refractivity contribution in [1.82, 2.24) is 4.90 Å². The molecule has 0 aliphatic carbocycles. The van der Waals surface area contributed by atoms with Gasteiger partial charge in [-0.25, -0.2) is 0 Å². The highest BCUT2D eigenvalue weighted by Crippen LogP contribution is 2.28. The molecule has 16 heavy (non-hydrogen) atoms. The van der Waals surface area contributed by atoms with E-state index in [2.05, 4.69) is 45.1 Å². The summed E-state index contributed by atoms with van der Waals surface area (Å²) < 4.78 is 1.14. The Hall–Kier alpha value is -0.380. The Morgan fingerprint density at radius 3 is 2.38 bits per heavy atom. The molecule has 2 rings (SSSR count). The van der Waals surface area contributed by atoms with Gasteiger partial charge in [-0.1, -0.05) is 28.1 Å². The number of halogens is 1. The van der Waals surface area contributed by atoms with Crippen molar-refractivity contribution in [3.63, 3.8) is 0 Å². The first-order valence-corrected chi connectivity index (χ1v) is 6.80. The molecule has 3 heteroatoms. The third-order valence-corrected chi connectivity index (χ3v) is 3.80. The topological polar surface area (TPSA) is 29.3 Å². The second kappa shape index (κ2) is 5.80. The molecule has 88 valence electrons. The van der Waals surface area contributed by atoms with Crippen LogP contribution in [0.2, 0.25) is 0 Å². The van der Waals surface area contributed by atoms with Crippen molar-refractivity contribution < 1.29 is 0 Å². The van der Waals surface area contributed by atoms with E-state index in [-0.39, 0.29) is 0 Å². The largest absolute Gasteiger partial charge is 0.330 e. The minimum Gasteiger partial charge on any atom is -0.330 e. The highest BCUT2D eigenvalue weighted by Gasteiger charge is 2.22. The lowest BCUT2D eigenvalue weighted by Crippen LogP contribution is -2.27. The van der Waals surface area contributed by atoms with Crippen molar-refractivity contribution in [3.8, 4) is 0 Å². The van der Waals surface area contributed by atoms with Crippen LogP contribution < -0.4 is 5.73 Å². The second-order valence-electron chi connectivity index (χ2n) is 4.39. The smallest absolute Gasteiger partial charge is 0.0360 e. The van der Waals surface area contributed by atoms with E-state index >= 15 is 0 Å². The number of nitrogens with two attached hydrogens (primary N) is 1. The molecule has 1 fully saturated rings. The number of benzene rings is 1. The van der Waals surface area contributed by atoms with Gasteiger partial charge in [0.25, 0.3) is 0 Å². The molecule has 1 aliphatic heterocycles. The Morgan fingerprint density at radius 1 is 1.19 bits per heavy atom. The Labute approximate surface area is 106 Å². The van der Waals surface area contributed by atoms with Crippen molar-refractivity contribution in [1.29, 1.82) is 0 Å². The highest BCUT2D eigenvalue weighted by molar-refractivity contribution is 9.10. The third-order valence-electron chi connectivity index (χ3n) is 3.28. The number of likely N-dealkylation sites (tertiary alicyclic amines) is 1. The summed E-state index contributed by atoms with van der Waals surface area (Å²) in [4.78, 5) is 2.57. The summed E-state index contributed by atoms with van der Waals surface area (Å²) in [5, 5.41) is 0. The molecule has 1 aliphatic rings. The van der Waals surface area contributed by atoms with Gasteiger partial charge in [-0.15, -0.1) is 0 Å². The minimum atomic E-state index is 0.514. The SMILES string of the molecule is NCCC(c1ccc(Br)cc1)N1CCCC1. The van der Waals surface area contributed by atoms with Gasteiger partial charge in [0.1, 0.15) is 0 Å². The minimum absolute atomic E-state index is 0.514. The highest BCUT2D eigenvalue weighted by atomic mass is 79.9. The van der Waals surface area contributed by atoms with E-state index in [1.807, 2.05) is 0 Å². The molecule has 0 bridgehead atoms. The van der Waals surface area contributed by atoms with Crippen molar-refractivity contribution in [2.75, 3.05) is 19.6 Å². The Morgan fingerprint density at radius 2 is 1.81 bits per heavy atom. The van der Waals surface area contributed by atoms with Crippen LogP contribution >= 0.6 is 15.9 Å². The molecule has 0 amide bonds. The van der Waals surface area contributed by atoms with E-state index in [0.717, 1.165) is 17.4 Å². The molecular weight excluding hydrogens is 264 g/mol. The molecule has 1 aromatic rings. The van der Waals surface area contributed by atoms with E-state index in [1.165, 1.54) is 31.5 Å². The maximum Gasteiger partial charge on any atom is 0.0360 e. The predicted octanol–water partition coefficient (Wildman–Crippen LogP) is 2.93. The van der Waals surface area contributed by atoms with Gasteiger partial charge in [0.05, 0.1) is 0 Å². The molecule has 1 unspecified atom stereocenters. The summed E-state index contributed by atoms with van der Waals surface area (Å²) in [6.07, 6.45) is 3.72. The van der Waals surface area contributed by atoms with E-state index in [0.29, 0.717) is 6.04 Å². The summed E-state index contributed by atoms with van der Waals surface area (Å²) in [7, 11) is 0. The maximum atomic E-state index is 5.73. The lowest BCUT2D eigenvalue weighted by atomic mass is 10.0. The van der Waals surface area contributed by atoms with Gasteiger partial charge < -0.3 is 5.73 Å². The Kier molecular flexibility index (Phi) is 4.38. The van der Waals surface area contributed by atoms with Crippen molar-refractivity contribution in [2.45, 2.75) is 25.3 Å². The number of rotatable bonds is 4. The molecule has 1 aromatic carbocycles. The van der Waals surface area contributed by atoms with Crippen LogP contribution in [-0.4, -0.2) is 24.5 Å². The average molecular weight is 283 g/mol. The van der Waals surface area contributed by atoms with Crippen LogP contribution in [0.1, 0.15) is 30.9 Å². The molecule has 2 N–H and O–H groups in total. The molecule has 1 heterocycles. The average Bonchev–Trinajstić information content (AvgIpc) is 2.81. The van der Waals surface area contributed by atoms with Crippen molar-refractivity contribution >= 4 is 15.9 Å². The quantitative estimate of drug-likeness (QED) is 0.920. The lowest BCUT2D eigenvalue weighted by molar-refractivity contribution is 0.236. The van der Waals surface area contributed by atoms with Crippen LogP contribution in [0, 0.1) is 0 Å². The van der Waals surface area contributed by atoms with Gasteiger partial charge in [0, 0.05) is 10.5 Å². The van der Waals surface area contributed by atoms with Crippen LogP contribution in [0.4, 0.5) is 0 Å². The molecule has 0 radical (unpaired) electrons. The molecule has 0 saturated carbocycles. The first kappa shape index (κ1) is 12.1. The van der Waals surface area contributed by atoms with Crippen LogP contribution in [0.25, 0.3) is 0 Å². The normalized spacial score (nSPS) is 18.9. The first-order valence-electron chi connectivity index (χ1n) is 6.01. The zero-order valence-electron chi connectivity index (χ0n) is 9.53. The second-order valence-corrected chi connectivity index (χ2v) is 5.30. The van der Waals surface area contributed by atoms with E-state index in [1.54, 1.807) is 0 Å². The van der Waals surface area contributed by atoms with Crippen molar-refractivity contribution in [3.05, 3.63) is 34.3 Å². The van der Waals surface area contributed by atoms with Crippen molar-refractivity contribution in [2.24, 2.45) is 5.73 Å². The molecule has 1 saturated heterocycles. The molecular formula is C13H19BrN2. The molecule has 0 spiro atoms. The summed E-state index contributed by atoms with van der Waals surface area (Å²) in [6, 6.07) is 9.18. The van der Waals surface area contributed by atoms with E-state index < -0.39 is 0 Å². The number of hydrogen-bond donors (Lipinski definition) is 1. The zero-order chi connectivity index (χ0) is 11.4. The van der Waals surface area contributed by atoms with Crippen LogP contribution in [0.5, 0.6) is 0 Å². The summed E-state index contributed by atoms with van der Waals surface area (Å²) in [5.74, 6) is 0. The Balaban J connectivity index is 2.14. The van der Waals surface area contributed by atoms with Gasteiger partial charge in [0.2, 0.25) is 0 Å². The zero-order valence-corrected chi connectivity index (χ0v) is 11.1. The van der Waals surface area contributed by atoms with Gasteiger partial charge >= 0.3 is 0 Å². The standard InChI is InChI=1S/C13H19BrN2/c14-12-5-3-11(4-6-12)13(7-8-15)16-9-1-2-10-16/h3-6,13H,1-2,7-10,15H2. The van der Waals surface area contributed by atoms with Gasteiger partial charge in [-0.05, 0) is 56.6 Å². The van der Waals surface area contributed by atoms with Crippen LogP contribution in [0.15, 0.2) is 28.7 Å². The molecule has 1 atom stereocenters. The number of nitrogens with zero attached hydrogens (tertiary/aromatic N) is 1. The summed E-state index contributed by atoms with van der Waals surface area (Å²) in [6.45, 7) is 3.21.